The van der Waals surface area contributed by atoms with Gasteiger partial charge in [0.15, 0.2) is 0 Å². The number of rotatable bonds is 2. The fraction of sp³-hybridized carbons (Fsp3) is 0.333. The van der Waals surface area contributed by atoms with Crippen molar-refractivity contribution < 1.29 is 5.11 Å². The fourth-order valence-electron chi connectivity index (χ4n) is 2.42. The maximum Gasteiger partial charge on any atom is 0.114 e. The standard InChI is InChI=1S/C15H18OS/c1-9-7-11(3)13(12(4)8-9)14(16)15-10(2)5-6-17-15/h5-8,14,16H,1-4H3. The highest BCUT2D eigenvalue weighted by molar-refractivity contribution is 7.10. The van der Waals surface area contributed by atoms with Crippen molar-refractivity contribution in [3.63, 3.8) is 0 Å². The molecule has 17 heavy (non-hydrogen) atoms. The van der Waals surface area contributed by atoms with Crippen molar-refractivity contribution >= 4 is 11.3 Å². The van der Waals surface area contributed by atoms with E-state index < -0.39 is 6.10 Å². The van der Waals surface area contributed by atoms with E-state index in [2.05, 4.69) is 39.0 Å². The van der Waals surface area contributed by atoms with Gasteiger partial charge in [0.2, 0.25) is 0 Å². The molecule has 2 aromatic rings. The average molecular weight is 246 g/mol. The van der Waals surface area contributed by atoms with Crippen molar-refractivity contribution in [1.82, 2.24) is 0 Å². The molecule has 2 rings (SSSR count). The molecule has 0 aliphatic heterocycles. The molecule has 0 radical (unpaired) electrons. The molecule has 90 valence electrons. The highest BCUT2D eigenvalue weighted by Gasteiger charge is 2.18. The summed E-state index contributed by atoms with van der Waals surface area (Å²) < 4.78 is 0. The molecule has 1 nitrogen and oxygen atoms in total. The number of aliphatic hydroxyl groups excluding tert-OH is 1. The maximum absolute atomic E-state index is 10.5. The normalized spacial score (nSPS) is 12.8. The molecule has 1 aromatic carbocycles. The van der Waals surface area contributed by atoms with Gasteiger partial charge in [0.25, 0.3) is 0 Å². The summed E-state index contributed by atoms with van der Waals surface area (Å²) in [6, 6.07) is 6.32. The molecule has 1 aromatic heterocycles. The predicted molar refractivity (Wildman–Crippen MR) is 73.8 cm³/mol. The number of thiophene rings is 1. The van der Waals surface area contributed by atoms with E-state index >= 15 is 0 Å². The van der Waals surface area contributed by atoms with Crippen LogP contribution in [0.5, 0.6) is 0 Å². The van der Waals surface area contributed by atoms with Gasteiger partial charge in [0, 0.05) is 4.88 Å². The Morgan fingerprint density at radius 1 is 1.00 bits per heavy atom. The van der Waals surface area contributed by atoms with Crippen LogP contribution in [-0.2, 0) is 0 Å². The lowest BCUT2D eigenvalue weighted by Crippen LogP contribution is -2.04. The van der Waals surface area contributed by atoms with Gasteiger partial charge in [-0.15, -0.1) is 11.3 Å². The average Bonchev–Trinajstić information content (AvgIpc) is 2.62. The largest absolute Gasteiger partial charge is 0.383 e. The van der Waals surface area contributed by atoms with Crippen LogP contribution in [0.25, 0.3) is 0 Å². The Morgan fingerprint density at radius 2 is 1.59 bits per heavy atom. The van der Waals surface area contributed by atoms with Crippen LogP contribution in [0.4, 0.5) is 0 Å². The van der Waals surface area contributed by atoms with Gasteiger partial charge in [0.05, 0.1) is 0 Å². The molecule has 2 heteroatoms. The van der Waals surface area contributed by atoms with Gasteiger partial charge < -0.3 is 5.11 Å². The van der Waals surface area contributed by atoms with Crippen LogP contribution in [-0.4, -0.2) is 5.11 Å². The lowest BCUT2D eigenvalue weighted by molar-refractivity contribution is 0.222. The van der Waals surface area contributed by atoms with E-state index in [1.807, 2.05) is 12.3 Å². The molecule has 0 spiro atoms. The van der Waals surface area contributed by atoms with E-state index in [0.29, 0.717) is 0 Å². The number of aliphatic hydroxyl groups is 1. The quantitative estimate of drug-likeness (QED) is 0.847. The molecular weight excluding hydrogens is 228 g/mol. The topological polar surface area (TPSA) is 20.2 Å². The fourth-order valence-corrected chi connectivity index (χ4v) is 3.34. The number of hydrogen-bond donors (Lipinski definition) is 1. The zero-order valence-corrected chi connectivity index (χ0v) is 11.6. The summed E-state index contributed by atoms with van der Waals surface area (Å²) in [6.07, 6.45) is -0.490. The van der Waals surface area contributed by atoms with E-state index in [4.69, 9.17) is 0 Å². The Bertz CT molecular complexity index is 517. The molecule has 0 saturated heterocycles. The third kappa shape index (κ3) is 2.28. The van der Waals surface area contributed by atoms with Crippen LogP contribution in [0.1, 0.15) is 38.8 Å². The molecule has 0 aliphatic rings. The smallest absolute Gasteiger partial charge is 0.114 e. The number of hydrogen-bond acceptors (Lipinski definition) is 2. The molecule has 0 bridgehead atoms. The lowest BCUT2D eigenvalue weighted by atomic mass is 9.94. The van der Waals surface area contributed by atoms with Crippen molar-refractivity contribution in [2.24, 2.45) is 0 Å². The molecule has 1 unspecified atom stereocenters. The summed E-state index contributed by atoms with van der Waals surface area (Å²) in [4.78, 5) is 1.06. The SMILES string of the molecule is Cc1cc(C)c(C(O)c2sccc2C)c(C)c1. The van der Waals surface area contributed by atoms with Crippen molar-refractivity contribution in [3.8, 4) is 0 Å². The molecule has 0 saturated carbocycles. The third-order valence-electron chi connectivity index (χ3n) is 3.16. The van der Waals surface area contributed by atoms with Crippen LogP contribution >= 0.6 is 11.3 Å². The van der Waals surface area contributed by atoms with Gasteiger partial charge >= 0.3 is 0 Å². The zero-order valence-electron chi connectivity index (χ0n) is 10.7. The second-order valence-corrected chi connectivity index (χ2v) is 5.63. The van der Waals surface area contributed by atoms with Gasteiger partial charge in [-0.3, -0.25) is 0 Å². The van der Waals surface area contributed by atoms with E-state index in [0.717, 1.165) is 10.4 Å². The van der Waals surface area contributed by atoms with Crippen molar-refractivity contribution in [2.75, 3.05) is 0 Å². The van der Waals surface area contributed by atoms with Gasteiger partial charge in [-0.05, 0) is 61.4 Å². The van der Waals surface area contributed by atoms with Gasteiger partial charge in [-0.2, -0.15) is 0 Å². The van der Waals surface area contributed by atoms with Crippen LogP contribution in [0, 0.1) is 27.7 Å². The second-order valence-electron chi connectivity index (χ2n) is 4.68. The third-order valence-corrected chi connectivity index (χ3v) is 4.23. The van der Waals surface area contributed by atoms with Crippen LogP contribution in [0.15, 0.2) is 23.6 Å². The van der Waals surface area contributed by atoms with Crippen molar-refractivity contribution in [3.05, 3.63) is 56.3 Å². The first-order valence-corrected chi connectivity index (χ1v) is 6.68. The Balaban J connectivity index is 2.51. The first-order valence-electron chi connectivity index (χ1n) is 5.80. The summed E-state index contributed by atoms with van der Waals surface area (Å²) >= 11 is 1.62. The Hall–Kier alpha value is -1.12. The summed E-state index contributed by atoms with van der Waals surface area (Å²) in [5.41, 5.74) is 5.81. The summed E-state index contributed by atoms with van der Waals surface area (Å²) in [5, 5.41) is 12.6. The van der Waals surface area contributed by atoms with Crippen LogP contribution < -0.4 is 0 Å². The number of benzene rings is 1. The minimum absolute atomic E-state index is 0.490. The van der Waals surface area contributed by atoms with Crippen molar-refractivity contribution in [2.45, 2.75) is 33.8 Å². The van der Waals surface area contributed by atoms with E-state index in [9.17, 15) is 5.11 Å². The summed E-state index contributed by atoms with van der Waals surface area (Å²) in [7, 11) is 0. The Kier molecular flexibility index (Phi) is 3.36. The first kappa shape index (κ1) is 12.3. The number of aryl methyl sites for hydroxylation is 4. The first-order chi connectivity index (χ1) is 8.00. The minimum Gasteiger partial charge on any atom is -0.383 e. The zero-order chi connectivity index (χ0) is 12.6. The highest BCUT2D eigenvalue weighted by atomic mass is 32.1. The molecule has 1 heterocycles. The van der Waals surface area contributed by atoms with Crippen LogP contribution in [0.2, 0.25) is 0 Å². The summed E-state index contributed by atoms with van der Waals surface area (Å²) in [5.74, 6) is 0. The van der Waals surface area contributed by atoms with E-state index in [1.54, 1.807) is 11.3 Å². The summed E-state index contributed by atoms with van der Waals surface area (Å²) in [6.45, 7) is 8.28. The molecule has 0 fully saturated rings. The highest BCUT2D eigenvalue weighted by Crippen LogP contribution is 2.33. The van der Waals surface area contributed by atoms with E-state index in [1.165, 1.54) is 22.3 Å². The van der Waals surface area contributed by atoms with Gasteiger partial charge in [-0.25, -0.2) is 0 Å². The molecule has 1 N–H and O–H groups in total. The van der Waals surface area contributed by atoms with Crippen molar-refractivity contribution in [1.29, 1.82) is 0 Å². The minimum atomic E-state index is -0.490. The van der Waals surface area contributed by atoms with Crippen LogP contribution in [0.3, 0.4) is 0 Å². The Morgan fingerprint density at radius 3 is 2.06 bits per heavy atom. The van der Waals surface area contributed by atoms with Gasteiger partial charge in [-0.1, -0.05) is 17.7 Å². The van der Waals surface area contributed by atoms with Gasteiger partial charge in [0.1, 0.15) is 6.10 Å². The predicted octanol–water partition coefficient (Wildman–Crippen LogP) is 4.06. The molecule has 0 aliphatic carbocycles. The molecular formula is C15H18OS. The Labute approximate surface area is 107 Å². The van der Waals surface area contributed by atoms with E-state index in [-0.39, 0.29) is 0 Å². The monoisotopic (exact) mass is 246 g/mol. The molecule has 0 amide bonds. The maximum atomic E-state index is 10.5. The lowest BCUT2D eigenvalue weighted by Gasteiger charge is -2.17. The molecule has 1 atom stereocenters. The second kappa shape index (κ2) is 4.63.